The van der Waals surface area contributed by atoms with E-state index in [1.54, 1.807) is 18.3 Å². The van der Waals surface area contributed by atoms with Crippen molar-refractivity contribution < 1.29 is 14.3 Å². The van der Waals surface area contributed by atoms with Gasteiger partial charge >= 0.3 is 6.09 Å². The van der Waals surface area contributed by atoms with Gasteiger partial charge in [-0.1, -0.05) is 36.4 Å². The first-order valence-electron chi connectivity index (χ1n) is 12.1. The number of nitriles is 1. The first kappa shape index (κ1) is 24.3. The number of fused-ring (bicyclic) bond motifs is 1. The molecule has 1 aromatic heterocycles. The molecule has 0 radical (unpaired) electrons. The number of pyridine rings is 1. The summed E-state index contributed by atoms with van der Waals surface area (Å²) in [6.45, 7) is 4.40. The van der Waals surface area contributed by atoms with E-state index >= 15 is 0 Å². The number of aryl methyl sites for hydroxylation is 1. The molecule has 1 atom stereocenters. The maximum Gasteiger partial charge on any atom is 0.407 e. The van der Waals surface area contributed by atoms with E-state index in [1.807, 2.05) is 50.2 Å². The van der Waals surface area contributed by atoms with Crippen molar-refractivity contribution in [3.63, 3.8) is 0 Å². The summed E-state index contributed by atoms with van der Waals surface area (Å²) < 4.78 is 11.8. The number of rotatable bonds is 7. The SMILES string of the molecule is CC(C)(CC1CCCc2ccc(Oc3ncccc3C#N)cc2C1)OC(=O)NCc1ccccc1. The van der Waals surface area contributed by atoms with Gasteiger partial charge < -0.3 is 14.8 Å². The third-order valence-corrected chi connectivity index (χ3v) is 6.28. The van der Waals surface area contributed by atoms with Crippen molar-refractivity contribution >= 4 is 6.09 Å². The molecule has 1 aliphatic rings. The zero-order chi connectivity index (χ0) is 24.7. The molecular formula is C29H31N3O3. The van der Waals surface area contributed by atoms with Crippen molar-refractivity contribution in [2.45, 2.75) is 58.1 Å². The Labute approximate surface area is 206 Å². The van der Waals surface area contributed by atoms with Crippen LogP contribution < -0.4 is 10.1 Å². The highest BCUT2D eigenvalue weighted by molar-refractivity contribution is 5.67. The molecule has 0 saturated carbocycles. The minimum absolute atomic E-state index is 0.316. The van der Waals surface area contributed by atoms with Crippen LogP contribution in [0.1, 0.15) is 55.4 Å². The fourth-order valence-corrected chi connectivity index (χ4v) is 4.73. The number of benzene rings is 2. The van der Waals surface area contributed by atoms with Crippen molar-refractivity contribution in [2.75, 3.05) is 0 Å². The predicted molar refractivity (Wildman–Crippen MR) is 134 cm³/mol. The Morgan fingerprint density at radius 2 is 1.97 bits per heavy atom. The van der Waals surface area contributed by atoms with E-state index in [1.165, 1.54) is 11.1 Å². The third-order valence-electron chi connectivity index (χ3n) is 6.28. The molecular weight excluding hydrogens is 438 g/mol. The lowest BCUT2D eigenvalue weighted by Gasteiger charge is -2.29. The lowest BCUT2D eigenvalue weighted by molar-refractivity contribution is 0.0195. The van der Waals surface area contributed by atoms with Crippen LogP contribution in [0, 0.1) is 17.2 Å². The number of carbonyl (C=O) groups excluding carboxylic acids is 1. The van der Waals surface area contributed by atoms with E-state index in [0.717, 1.165) is 37.7 Å². The molecule has 4 rings (SSSR count). The molecule has 1 amide bonds. The monoisotopic (exact) mass is 469 g/mol. The zero-order valence-corrected chi connectivity index (χ0v) is 20.3. The molecule has 180 valence electrons. The third kappa shape index (κ3) is 6.83. The van der Waals surface area contributed by atoms with Gasteiger partial charge in [0.1, 0.15) is 23.0 Å². The lowest BCUT2D eigenvalue weighted by atomic mass is 9.86. The number of ether oxygens (including phenoxy) is 2. The Kier molecular flexibility index (Phi) is 7.67. The molecule has 35 heavy (non-hydrogen) atoms. The number of aromatic nitrogens is 1. The summed E-state index contributed by atoms with van der Waals surface area (Å²) in [4.78, 5) is 16.6. The second-order valence-corrected chi connectivity index (χ2v) is 9.66. The summed E-state index contributed by atoms with van der Waals surface area (Å²) in [5.41, 5.74) is 3.42. The second kappa shape index (κ2) is 11.1. The van der Waals surface area contributed by atoms with Gasteiger partial charge in [-0.05, 0) is 92.8 Å². The summed E-state index contributed by atoms with van der Waals surface area (Å²) in [6.07, 6.45) is 6.06. The highest BCUT2D eigenvalue weighted by Gasteiger charge is 2.29. The van der Waals surface area contributed by atoms with Gasteiger partial charge in [0.25, 0.3) is 0 Å². The van der Waals surface area contributed by atoms with Gasteiger partial charge in [-0.25, -0.2) is 9.78 Å². The van der Waals surface area contributed by atoms with Crippen LogP contribution in [-0.4, -0.2) is 16.7 Å². The first-order chi connectivity index (χ1) is 16.9. The van der Waals surface area contributed by atoms with Crippen LogP contribution in [0.3, 0.4) is 0 Å². The molecule has 0 aliphatic heterocycles. The van der Waals surface area contributed by atoms with E-state index in [2.05, 4.69) is 28.5 Å². The quantitative estimate of drug-likeness (QED) is 0.408. The van der Waals surface area contributed by atoms with Crippen molar-refractivity contribution in [2.24, 2.45) is 5.92 Å². The van der Waals surface area contributed by atoms with E-state index in [4.69, 9.17) is 9.47 Å². The smallest absolute Gasteiger partial charge is 0.407 e. The van der Waals surface area contributed by atoms with Crippen molar-refractivity contribution in [1.29, 1.82) is 5.26 Å². The normalized spacial score (nSPS) is 15.3. The molecule has 0 saturated heterocycles. The summed E-state index contributed by atoms with van der Waals surface area (Å²) in [6, 6.07) is 21.4. The summed E-state index contributed by atoms with van der Waals surface area (Å²) >= 11 is 0. The van der Waals surface area contributed by atoms with E-state index in [9.17, 15) is 10.1 Å². The minimum atomic E-state index is -0.584. The van der Waals surface area contributed by atoms with Gasteiger partial charge in [0.05, 0.1) is 0 Å². The van der Waals surface area contributed by atoms with Gasteiger partial charge in [-0.3, -0.25) is 0 Å². The Hall–Kier alpha value is -3.85. The Bertz CT molecular complexity index is 1200. The molecule has 6 nitrogen and oxygen atoms in total. The number of nitrogens with zero attached hydrogens (tertiary/aromatic N) is 2. The number of alkyl carbamates (subject to hydrolysis) is 1. The highest BCUT2D eigenvalue weighted by atomic mass is 16.6. The van der Waals surface area contributed by atoms with Crippen LogP contribution >= 0.6 is 0 Å². The van der Waals surface area contributed by atoms with Gasteiger partial charge in [0, 0.05) is 12.7 Å². The van der Waals surface area contributed by atoms with E-state index < -0.39 is 11.7 Å². The van der Waals surface area contributed by atoms with Gasteiger partial charge in [-0.2, -0.15) is 5.26 Å². The number of nitrogens with one attached hydrogen (secondary N) is 1. The average Bonchev–Trinajstić information content (AvgIpc) is 3.04. The number of amides is 1. The van der Waals surface area contributed by atoms with Crippen LogP contribution in [0.25, 0.3) is 0 Å². The molecule has 1 N–H and O–H groups in total. The van der Waals surface area contributed by atoms with Gasteiger partial charge in [-0.15, -0.1) is 0 Å². The van der Waals surface area contributed by atoms with Gasteiger partial charge in [0.2, 0.25) is 5.88 Å². The largest absolute Gasteiger partial charge is 0.444 e. The molecule has 1 aliphatic carbocycles. The number of hydrogen-bond acceptors (Lipinski definition) is 5. The molecule has 1 heterocycles. The molecule has 0 spiro atoms. The topological polar surface area (TPSA) is 84.2 Å². The van der Waals surface area contributed by atoms with Crippen molar-refractivity contribution in [1.82, 2.24) is 10.3 Å². The maximum atomic E-state index is 12.4. The molecule has 0 bridgehead atoms. The van der Waals surface area contributed by atoms with Crippen LogP contribution in [0.15, 0.2) is 66.9 Å². The van der Waals surface area contributed by atoms with Gasteiger partial charge in [0.15, 0.2) is 0 Å². The standard InChI is InChI=1S/C29H31N3O3/c1-29(2,35-28(33)32-20-21-8-4-3-5-9-21)18-22-10-6-11-23-13-14-26(17-25(23)16-22)34-27-24(19-30)12-7-15-31-27/h3-5,7-9,12-15,17,22H,6,10-11,16,18,20H2,1-2H3,(H,32,33). The van der Waals surface area contributed by atoms with E-state index in [-0.39, 0.29) is 0 Å². The maximum absolute atomic E-state index is 12.4. The van der Waals surface area contributed by atoms with Crippen LogP contribution in [0.2, 0.25) is 0 Å². The Morgan fingerprint density at radius 1 is 1.14 bits per heavy atom. The molecule has 1 unspecified atom stereocenters. The summed E-state index contributed by atoms with van der Waals surface area (Å²) in [7, 11) is 0. The Morgan fingerprint density at radius 3 is 2.77 bits per heavy atom. The zero-order valence-electron chi connectivity index (χ0n) is 20.3. The fraction of sp³-hybridized carbons (Fsp3) is 0.345. The second-order valence-electron chi connectivity index (χ2n) is 9.66. The van der Waals surface area contributed by atoms with Crippen LogP contribution in [0.5, 0.6) is 11.6 Å². The molecule has 0 fully saturated rings. The predicted octanol–water partition coefficient (Wildman–Crippen LogP) is 6.34. The summed E-state index contributed by atoms with van der Waals surface area (Å²) in [5, 5.41) is 12.2. The van der Waals surface area contributed by atoms with Crippen molar-refractivity contribution in [3.8, 4) is 17.7 Å². The molecule has 2 aromatic carbocycles. The molecule has 6 heteroatoms. The number of carbonyl (C=O) groups is 1. The molecule has 3 aromatic rings. The van der Waals surface area contributed by atoms with Crippen molar-refractivity contribution in [3.05, 3.63) is 89.1 Å². The number of hydrogen-bond donors (Lipinski definition) is 1. The lowest BCUT2D eigenvalue weighted by Crippen LogP contribution is -2.36. The van der Waals surface area contributed by atoms with Crippen LogP contribution in [0.4, 0.5) is 4.79 Å². The fourth-order valence-electron chi connectivity index (χ4n) is 4.73. The van der Waals surface area contributed by atoms with E-state index in [0.29, 0.717) is 29.7 Å². The Balaban J connectivity index is 1.38. The highest BCUT2D eigenvalue weighted by Crippen LogP contribution is 2.34. The first-order valence-corrected chi connectivity index (χ1v) is 12.1. The summed E-state index contributed by atoms with van der Waals surface area (Å²) in [5.74, 6) is 1.37. The average molecular weight is 470 g/mol. The van der Waals surface area contributed by atoms with Crippen LogP contribution in [-0.2, 0) is 24.1 Å². The minimum Gasteiger partial charge on any atom is -0.444 e.